The van der Waals surface area contributed by atoms with Crippen LogP contribution in [0.15, 0.2) is 0 Å². The Bertz CT molecular complexity index is 1310. The van der Waals surface area contributed by atoms with Crippen molar-refractivity contribution in [2.75, 3.05) is 19.8 Å². The Hall–Kier alpha value is -1.35. The van der Waals surface area contributed by atoms with E-state index in [0.29, 0.717) is 12.8 Å². The molecule has 0 amide bonds. The van der Waals surface area contributed by atoms with Gasteiger partial charge in [0.15, 0.2) is 12.4 Å². The van der Waals surface area contributed by atoms with Gasteiger partial charge in [0, 0.05) is 12.8 Å². The lowest BCUT2D eigenvalue weighted by Gasteiger charge is -2.47. The molecule has 0 aromatic carbocycles. The maximum Gasteiger partial charge on any atom is 0.472 e. The van der Waals surface area contributed by atoms with E-state index in [1.54, 1.807) is 0 Å². The highest BCUT2D eigenvalue weighted by molar-refractivity contribution is 7.47. The van der Waals surface area contributed by atoms with Crippen LogP contribution in [0.25, 0.3) is 0 Å². The van der Waals surface area contributed by atoms with Gasteiger partial charge >= 0.3 is 19.8 Å². The van der Waals surface area contributed by atoms with Crippen LogP contribution in [-0.2, 0) is 42.1 Å². The zero-order valence-corrected chi connectivity index (χ0v) is 41.6. The maximum atomic E-state index is 13.4. The average molecular weight is 987 g/mol. The van der Waals surface area contributed by atoms with Gasteiger partial charge in [-0.15, -0.1) is 0 Å². The molecule has 18 nitrogen and oxygen atoms in total. The third-order valence-electron chi connectivity index (χ3n) is 12.8. The van der Waals surface area contributed by atoms with Crippen molar-refractivity contribution >= 4 is 19.8 Å². The van der Waals surface area contributed by atoms with Crippen molar-refractivity contribution in [3.05, 3.63) is 0 Å². The first-order valence-corrected chi connectivity index (χ1v) is 27.4. The van der Waals surface area contributed by atoms with Crippen molar-refractivity contribution in [2.24, 2.45) is 0 Å². The summed E-state index contributed by atoms with van der Waals surface area (Å²) in [6.07, 6.45) is 7.55. The fraction of sp³-hybridized carbons (Fsp3) is 0.958. The largest absolute Gasteiger partial charge is 0.472 e. The van der Waals surface area contributed by atoms with Gasteiger partial charge in [0.05, 0.1) is 13.2 Å². The molecule has 2 fully saturated rings. The number of ether oxygens (including phenoxy) is 4. The summed E-state index contributed by atoms with van der Waals surface area (Å²) >= 11 is 0. The van der Waals surface area contributed by atoms with E-state index < -0.39 is 113 Å². The molecule has 67 heavy (non-hydrogen) atoms. The molecule has 6 unspecified atom stereocenters. The number of hydrogen-bond donors (Lipinski definition) is 9. The predicted molar refractivity (Wildman–Crippen MR) is 249 cm³/mol. The van der Waals surface area contributed by atoms with E-state index in [9.17, 15) is 59.9 Å². The highest BCUT2D eigenvalue weighted by Gasteiger charge is 2.55. The van der Waals surface area contributed by atoms with Crippen molar-refractivity contribution in [2.45, 2.75) is 273 Å². The van der Waals surface area contributed by atoms with E-state index >= 15 is 0 Å². The monoisotopic (exact) mass is 987 g/mol. The fourth-order valence-corrected chi connectivity index (χ4v) is 9.50. The first-order valence-electron chi connectivity index (χ1n) is 25.9. The van der Waals surface area contributed by atoms with E-state index in [1.165, 1.54) is 109 Å². The average Bonchev–Trinajstić information content (AvgIpc) is 3.31. The zero-order valence-electron chi connectivity index (χ0n) is 40.7. The number of phosphoric acid groups is 1. The van der Waals surface area contributed by atoms with Crippen molar-refractivity contribution in [3.8, 4) is 0 Å². The third-order valence-corrected chi connectivity index (χ3v) is 13.8. The van der Waals surface area contributed by atoms with Crippen molar-refractivity contribution < 1.29 is 87.9 Å². The third kappa shape index (κ3) is 25.6. The molecule has 0 spiro atoms. The summed E-state index contributed by atoms with van der Waals surface area (Å²) < 4.78 is 45.5. The quantitative estimate of drug-likeness (QED) is 0.0195. The van der Waals surface area contributed by atoms with Gasteiger partial charge in [-0.2, -0.15) is 0 Å². The van der Waals surface area contributed by atoms with Crippen LogP contribution in [0.4, 0.5) is 0 Å². The van der Waals surface area contributed by atoms with Crippen LogP contribution in [-0.4, -0.2) is 151 Å². The first-order chi connectivity index (χ1) is 32.2. The summed E-state index contributed by atoms with van der Waals surface area (Å²) in [6.45, 7) is 2.24. The fourth-order valence-electron chi connectivity index (χ4n) is 8.53. The molecule has 19 heteroatoms. The zero-order chi connectivity index (χ0) is 49.5. The molecule has 1 aliphatic heterocycles. The smallest absolute Gasteiger partial charge is 0.462 e. The van der Waals surface area contributed by atoms with Crippen LogP contribution < -0.4 is 0 Å². The summed E-state index contributed by atoms with van der Waals surface area (Å²) in [5.74, 6) is -1.20. The minimum atomic E-state index is -5.37. The summed E-state index contributed by atoms with van der Waals surface area (Å²) in [5.41, 5.74) is 0. The molecule has 2 rings (SSSR count). The lowest BCUT2D eigenvalue weighted by Crippen LogP contribution is -2.67. The Kier molecular flexibility index (Phi) is 33.7. The number of rotatable bonds is 40. The second-order valence-corrected chi connectivity index (χ2v) is 20.1. The summed E-state index contributed by atoms with van der Waals surface area (Å²) in [5, 5.41) is 82.9. The lowest BCUT2D eigenvalue weighted by atomic mass is 9.84. The Labute approximate surface area is 400 Å². The Morgan fingerprint density at radius 3 is 1.33 bits per heavy atom. The number of carbonyl (C=O) groups excluding carboxylic acids is 2. The van der Waals surface area contributed by atoms with Gasteiger partial charge in [0.2, 0.25) is 0 Å². The van der Waals surface area contributed by atoms with E-state index in [4.69, 9.17) is 28.0 Å². The second kappa shape index (κ2) is 36.6. The van der Waals surface area contributed by atoms with Crippen LogP contribution in [0.5, 0.6) is 0 Å². The van der Waals surface area contributed by atoms with Gasteiger partial charge in [-0.1, -0.05) is 174 Å². The van der Waals surface area contributed by atoms with Gasteiger partial charge in [0.25, 0.3) is 0 Å². The highest BCUT2D eigenvalue weighted by Crippen LogP contribution is 2.48. The van der Waals surface area contributed by atoms with E-state index in [0.717, 1.165) is 51.4 Å². The van der Waals surface area contributed by atoms with E-state index in [2.05, 4.69) is 13.8 Å². The molecule has 1 saturated carbocycles. The van der Waals surface area contributed by atoms with E-state index in [-0.39, 0.29) is 12.8 Å². The first kappa shape index (κ1) is 61.8. The Balaban J connectivity index is 1.94. The molecule has 2 aliphatic rings. The molecule has 9 N–H and O–H groups in total. The van der Waals surface area contributed by atoms with Crippen molar-refractivity contribution in [1.29, 1.82) is 0 Å². The Morgan fingerprint density at radius 2 is 0.896 bits per heavy atom. The molecular weight excluding hydrogens is 895 g/mol. The standard InChI is InChI=1S/C48H91O18P/c1-3-5-7-9-11-13-15-17-19-20-22-24-26-28-30-37(50)61-33-35(63-38(51)31-29-27-25-23-21-18-16-14-12-10-8-6-4-2)34-62-67(59,60)66-47-44(57)42(55)41(54)43(56)46(47)65-48-45(58)40(53)39(52)36(32-49)64-48/h35-36,39-49,52-58H,3-34H2,1-2H3,(H,59,60)/t35-,36?,39-,40?,41-,42?,43?,44?,45-,46-,47-,48-/m1/s1. The topological polar surface area (TPSA) is 289 Å². The normalized spacial score (nSPS) is 28.0. The predicted octanol–water partition coefficient (Wildman–Crippen LogP) is 5.94. The molecule has 1 saturated heterocycles. The molecular formula is C48H91O18P. The molecule has 13 atom stereocenters. The van der Waals surface area contributed by atoms with Gasteiger partial charge in [0.1, 0.15) is 67.6 Å². The minimum absolute atomic E-state index is 0.0396. The van der Waals surface area contributed by atoms with Crippen LogP contribution in [0, 0.1) is 0 Å². The van der Waals surface area contributed by atoms with Crippen LogP contribution in [0.2, 0.25) is 0 Å². The molecule has 0 aromatic rings. The Morgan fingerprint density at radius 1 is 0.507 bits per heavy atom. The number of aliphatic hydroxyl groups is 8. The van der Waals surface area contributed by atoms with Gasteiger partial charge in [-0.25, -0.2) is 4.57 Å². The second-order valence-electron chi connectivity index (χ2n) is 18.7. The SMILES string of the molecule is CCCCCCCCCCCCCCCCC(=O)OC[C@H](COP(=O)(O)O[C@@H]1C(O)C(O)[C@@H](O)C(O)[C@H]1O[C@H]1OC(CO)[C@@H](O)C(O)[C@H]1O)OC(=O)CCCCCCCCCCCCCCC. The number of carbonyl (C=O) groups is 2. The lowest BCUT2D eigenvalue weighted by molar-refractivity contribution is -0.338. The molecule has 396 valence electrons. The van der Waals surface area contributed by atoms with Gasteiger partial charge < -0.3 is 64.7 Å². The molecule has 0 bridgehead atoms. The maximum absolute atomic E-state index is 13.4. The number of unbranched alkanes of at least 4 members (excludes halogenated alkanes) is 25. The van der Waals surface area contributed by atoms with E-state index in [1.807, 2.05) is 0 Å². The van der Waals surface area contributed by atoms with Crippen molar-refractivity contribution in [3.63, 3.8) is 0 Å². The number of esters is 2. The molecule has 1 heterocycles. The van der Waals surface area contributed by atoms with Gasteiger partial charge in [-0.05, 0) is 12.8 Å². The minimum Gasteiger partial charge on any atom is -0.462 e. The van der Waals surface area contributed by atoms with Crippen LogP contribution in [0.3, 0.4) is 0 Å². The summed E-state index contributed by atoms with van der Waals surface area (Å²) in [4.78, 5) is 36.5. The molecule has 1 aliphatic carbocycles. The summed E-state index contributed by atoms with van der Waals surface area (Å²) in [6, 6.07) is 0. The van der Waals surface area contributed by atoms with Crippen molar-refractivity contribution in [1.82, 2.24) is 0 Å². The van der Waals surface area contributed by atoms with Crippen LogP contribution in [0.1, 0.15) is 200 Å². The number of hydrogen-bond acceptors (Lipinski definition) is 17. The van der Waals surface area contributed by atoms with Gasteiger partial charge in [-0.3, -0.25) is 18.6 Å². The summed E-state index contributed by atoms with van der Waals surface area (Å²) in [7, 11) is -5.37. The molecule has 0 radical (unpaired) electrons. The number of phosphoric ester groups is 1. The van der Waals surface area contributed by atoms with Crippen LogP contribution >= 0.6 is 7.82 Å². The highest BCUT2D eigenvalue weighted by atomic mass is 31.2. The number of aliphatic hydroxyl groups excluding tert-OH is 8. The molecule has 0 aromatic heterocycles.